The summed E-state index contributed by atoms with van der Waals surface area (Å²) in [6.45, 7) is 1.11. The normalized spacial score (nSPS) is 28.9. The second-order valence-corrected chi connectivity index (χ2v) is 5.54. The number of amides is 1. The number of hydrogen-bond donors (Lipinski definition) is 2. The molecule has 19 heavy (non-hydrogen) atoms. The first kappa shape index (κ1) is 11.0. The molecule has 5 heteroatoms. The fourth-order valence-corrected chi connectivity index (χ4v) is 3.32. The number of fused-ring (bicyclic) bond motifs is 3. The summed E-state index contributed by atoms with van der Waals surface area (Å²) >= 11 is 0. The Balaban J connectivity index is 1.53. The third kappa shape index (κ3) is 1.81. The van der Waals surface area contributed by atoms with E-state index in [4.69, 9.17) is 0 Å². The topological polar surface area (TPSA) is 58.4 Å². The molecular weight excluding hydrogens is 240 g/mol. The van der Waals surface area contributed by atoms with Gasteiger partial charge in [-0.25, -0.2) is 4.98 Å². The summed E-state index contributed by atoms with van der Waals surface area (Å²) in [6.07, 6.45) is 7.72. The van der Waals surface area contributed by atoms with Crippen LogP contribution in [-0.2, 0) is 0 Å². The van der Waals surface area contributed by atoms with Gasteiger partial charge in [0.2, 0.25) is 0 Å². The fourth-order valence-electron chi connectivity index (χ4n) is 3.32. The van der Waals surface area contributed by atoms with Crippen molar-refractivity contribution in [3.8, 4) is 0 Å². The van der Waals surface area contributed by atoms with Crippen LogP contribution < -0.4 is 10.6 Å². The highest BCUT2D eigenvalue weighted by atomic mass is 16.1. The molecule has 4 rings (SSSR count). The number of imidazole rings is 1. The Morgan fingerprint density at radius 2 is 2.37 bits per heavy atom. The van der Waals surface area contributed by atoms with E-state index in [1.54, 1.807) is 6.20 Å². The Morgan fingerprint density at radius 1 is 1.42 bits per heavy atom. The highest BCUT2D eigenvalue weighted by molar-refractivity contribution is 5.94. The summed E-state index contributed by atoms with van der Waals surface area (Å²) in [5, 5.41) is 6.61. The van der Waals surface area contributed by atoms with Crippen LogP contribution in [0.4, 0.5) is 0 Å². The number of carbonyl (C=O) groups is 1. The van der Waals surface area contributed by atoms with E-state index in [9.17, 15) is 4.79 Å². The monoisotopic (exact) mass is 256 g/mol. The molecule has 5 nitrogen and oxygen atoms in total. The number of nitrogens with one attached hydrogen (secondary N) is 2. The van der Waals surface area contributed by atoms with Crippen molar-refractivity contribution >= 4 is 11.6 Å². The summed E-state index contributed by atoms with van der Waals surface area (Å²) in [5.41, 5.74) is 1.55. The number of carbonyl (C=O) groups excluding carboxylic acids is 1. The van der Waals surface area contributed by atoms with Gasteiger partial charge in [0, 0.05) is 30.7 Å². The molecule has 2 aromatic rings. The zero-order valence-electron chi connectivity index (χ0n) is 10.5. The quantitative estimate of drug-likeness (QED) is 0.836. The number of hydrogen-bond acceptors (Lipinski definition) is 3. The Hall–Kier alpha value is -1.88. The Kier molecular flexibility index (Phi) is 2.35. The number of pyridine rings is 1. The average molecular weight is 256 g/mol. The van der Waals surface area contributed by atoms with Crippen molar-refractivity contribution in [1.29, 1.82) is 0 Å². The van der Waals surface area contributed by atoms with Gasteiger partial charge in [0.15, 0.2) is 0 Å². The molecule has 1 saturated carbocycles. The molecule has 3 atom stereocenters. The molecule has 1 amide bonds. The largest absolute Gasteiger partial charge is 0.348 e. The van der Waals surface area contributed by atoms with Crippen LogP contribution in [0.25, 0.3) is 5.65 Å². The molecule has 1 aliphatic carbocycles. The first-order valence-corrected chi connectivity index (χ1v) is 6.76. The number of piperidine rings is 1. The second kappa shape index (κ2) is 4.06. The average Bonchev–Trinajstić information content (AvgIpc) is 3.13. The lowest BCUT2D eigenvalue weighted by atomic mass is 10.1. The van der Waals surface area contributed by atoms with E-state index in [0.29, 0.717) is 11.6 Å². The van der Waals surface area contributed by atoms with Gasteiger partial charge in [0.1, 0.15) is 5.65 Å². The molecule has 2 N–H and O–H groups in total. The Morgan fingerprint density at radius 3 is 3.16 bits per heavy atom. The Labute approximate surface area is 111 Å². The second-order valence-electron chi connectivity index (χ2n) is 5.54. The van der Waals surface area contributed by atoms with Crippen molar-refractivity contribution in [2.75, 3.05) is 6.54 Å². The van der Waals surface area contributed by atoms with Crippen LogP contribution in [0.1, 0.15) is 23.2 Å². The van der Waals surface area contributed by atoms with E-state index < -0.39 is 0 Å². The van der Waals surface area contributed by atoms with Crippen LogP contribution in [0.15, 0.2) is 30.7 Å². The van der Waals surface area contributed by atoms with Gasteiger partial charge in [-0.15, -0.1) is 0 Å². The van der Waals surface area contributed by atoms with Gasteiger partial charge in [0.25, 0.3) is 5.91 Å². The van der Waals surface area contributed by atoms with Gasteiger partial charge in [-0.2, -0.15) is 0 Å². The number of rotatable bonds is 2. The SMILES string of the molecule is O=C(N[C@@H]1C[C@@H]2CN[C@@H]1C2)c1ccc2nccn2c1. The van der Waals surface area contributed by atoms with Crippen molar-refractivity contribution in [3.63, 3.8) is 0 Å². The van der Waals surface area contributed by atoms with Gasteiger partial charge in [0.05, 0.1) is 5.56 Å². The summed E-state index contributed by atoms with van der Waals surface area (Å²) in [7, 11) is 0. The summed E-state index contributed by atoms with van der Waals surface area (Å²) in [4.78, 5) is 16.4. The third-order valence-electron chi connectivity index (χ3n) is 4.30. The maximum absolute atomic E-state index is 12.3. The summed E-state index contributed by atoms with van der Waals surface area (Å²) < 4.78 is 1.87. The summed E-state index contributed by atoms with van der Waals surface area (Å²) in [6, 6.07) is 4.45. The molecule has 98 valence electrons. The lowest BCUT2D eigenvalue weighted by Crippen LogP contribution is -2.47. The van der Waals surface area contributed by atoms with E-state index in [-0.39, 0.29) is 11.9 Å². The molecule has 2 aliphatic rings. The van der Waals surface area contributed by atoms with Crippen molar-refractivity contribution in [1.82, 2.24) is 20.0 Å². The lowest BCUT2D eigenvalue weighted by Gasteiger charge is -2.23. The first-order chi connectivity index (χ1) is 9.29. The smallest absolute Gasteiger partial charge is 0.253 e. The van der Waals surface area contributed by atoms with Crippen molar-refractivity contribution in [2.24, 2.45) is 5.92 Å². The molecule has 2 aromatic heterocycles. The molecule has 0 aromatic carbocycles. The highest BCUT2D eigenvalue weighted by Gasteiger charge is 2.40. The van der Waals surface area contributed by atoms with Gasteiger partial charge in [-0.1, -0.05) is 0 Å². The predicted molar refractivity (Wildman–Crippen MR) is 71.0 cm³/mol. The van der Waals surface area contributed by atoms with Crippen molar-refractivity contribution in [2.45, 2.75) is 24.9 Å². The van der Waals surface area contributed by atoms with Crippen LogP contribution >= 0.6 is 0 Å². The molecule has 0 spiro atoms. The van der Waals surface area contributed by atoms with Crippen LogP contribution in [-0.4, -0.2) is 33.9 Å². The molecule has 0 unspecified atom stereocenters. The van der Waals surface area contributed by atoms with E-state index in [1.807, 2.05) is 28.9 Å². The molecule has 2 fully saturated rings. The molecule has 1 saturated heterocycles. The van der Waals surface area contributed by atoms with Crippen LogP contribution in [0.3, 0.4) is 0 Å². The van der Waals surface area contributed by atoms with Gasteiger partial charge in [-0.3, -0.25) is 4.79 Å². The fraction of sp³-hybridized carbons (Fsp3) is 0.429. The van der Waals surface area contributed by atoms with Crippen LogP contribution in [0.5, 0.6) is 0 Å². The van der Waals surface area contributed by atoms with Crippen LogP contribution in [0.2, 0.25) is 0 Å². The zero-order valence-corrected chi connectivity index (χ0v) is 10.5. The van der Waals surface area contributed by atoms with Crippen molar-refractivity contribution in [3.05, 3.63) is 36.3 Å². The molecule has 0 radical (unpaired) electrons. The standard InChI is InChI=1S/C14H16N4O/c19-14(17-12-6-9-5-11(12)16-7-9)10-1-2-13-15-3-4-18(13)8-10/h1-4,8-9,11-12,16H,5-7H2,(H,17,19)/t9-,11-,12-/m1/s1. The molecular formula is C14H16N4O. The molecule has 3 heterocycles. The molecule has 2 bridgehead atoms. The van der Waals surface area contributed by atoms with E-state index in [2.05, 4.69) is 15.6 Å². The summed E-state index contributed by atoms with van der Waals surface area (Å²) in [5.74, 6) is 0.751. The highest BCUT2D eigenvalue weighted by Crippen LogP contribution is 2.31. The van der Waals surface area contributed by atoms with E-state index >= 15 is 0 Å². The first-order valence-electron chi connectivity index (χ1n) is 6.76. The van der Waals surface area contributed by atoms with Crippen LogP contribution in [0, 0.1) is 5.92 Å². The minimum atomic E-state index is 0.00921. The zero-order chi connectivity index (χ0) is 12.8. The predicted octanol–water partition coefficient (Wildman–Crippen LogP) is 0.814. The maximum atomic E-state index is 12.3. The lowest BCUT2D eigenvalue weighted by molar-refractivity contribution is 0.0928. The minimum absolute atomic E-state index is 0.00921. The maximum Gasteiger partial charge on any atom is 0.253 e. The van der Waals surface area contributed by atoms with Crippen molar-refractivity contribution < 1.29 is 4.79 Å². The third-order valence-corrected chi connectivity index (χ3v) is 4.30. The van der Waals surface area contributed by atoms with Gasteiger partial charge >= 0.3 is 0 Å². The van der Waals surface area contributed by atoms with Gasteiger partial charge in [-0.05, 0) is 37.4 Å². The number of nitrogens with zero attached hydrogens (tertiary/aromatic N) is 2. The Bertz CT molecular complexity index is 635. The van der Waals surface area contributed by atoms with Gasteiger partial charge < -0.3 is 15.0 Å². The minimum Gasteiger partial charge on any atom is -0.348 e. The van der Waals surface area contributed by atoms with E-state index in [1.165, 1.54) is 6.42 Å². The molecule has 1 aliphatic heterocycles. The number of aromatic nitrogens is 2. The van der Waals surface area contributed by atoms with E-state index in [0.717, 1.165) is 24.5 Å².